The first-order valence-electron chi connectivity index (χ1n) is 6.61. The van der Waals surface area contributed by atoms with Crippen molar-refractivity contribution in [2.75, 3.05) is 6.54 Å². The van der Waals surface area contributed by atoms with E-state index in [0.29, 0.717) is 0 Å². The molecule has 1 saturated carbocycles. The zero-order chi connectivity index (χ0) is 12.3. The monoisotopic (exact) mass is 255 g/mol. The van der Waals surface area contributed by atoms with Crippen LogP contribution in [0.3, 0.4) is 0 Å². The second-order valence-corrected chi connectivity index (χ2v) is 5.37. The summed E-state index contributed by atoms with van der Waals surface area (Å²) in [7, 11) is 0. The summed E-state index contributed by atoms with van der Waals surface area (Å²) in [5.41, 5.74) is 2.01. The van der Waals surface area contributed by atoms with Crippen LogP contribution < -0.4 is 5.32 Å². The summed E-state index contributed by atoms with van der Waals surface area (Å²) < 4.78 is 2.01. The lowest BCUT2D eigenvalue weighted by Gasteiger charge is -2.22. The Kier molecular flexibility index (Phi) is 4.46. The second kappa shape index (κ2) is 5.87. The van der Waals surface area contributed by atoms with Crippen LogP contribution in [0.2, 0.25) is 5.02 Å². The summed E-state index contributed by atoms with van der Waals surface area (Å²) in [6.07, 6.45) is 6.83. The number of rotatable bonds is 4. The lowest BCUT2D eigenvalue weighted by molar-refractivity contribution is 0.364. The molecule has 1 aromatic rings. The smallest absolute Gasteiger partial charge is 0.0844 e. The Morgan fingerprint density at radius 1 is 1.29 bits per heavy atom. The second-order valence-electron chi connectivity index (χ2n) is 5.00. The summed E-state index contributed by atoms with van der Waals surface area (Å²) in [5.74, 6) is 0. The van der Waals surface area contributed by atoms with E-state index in [1.807, 2.05) is 18.5 Å². The Morgan fingerprint density at radius 2 is 2.00 bits per heavy atom. The van der Waals surface area contributed by atoms with Gasteiger partial charge in [-0.05, 0) is 26.7 Å². The van der Waals surface area contributed by atoms with E-state index in [9.17, 15) is 0 Å². The first kappa shape index (κ1) is 12.9. The first-order valence-corrected chi connectivity index (χ1v) is 6.99. The van der Waals surface area contributed by atoms with Gasteiger partial charge in [-0.3, -0.25) is 4.68 Å². The molecule has 0 aromatic carbocycles. The highest BCUT2D eigenvalue weighted by molar-refractivity contribution is 6.31. The minimum absolute atomic E-state index is 0.719. The molecule has 4 heteroatoms. The molecule has 1 aromatic heterocycles. The largest absolute Gasteiger partial charge is 0.312 e. The molecule has 0 spiro atoms. The van der Waals surface area contributed by atoms with E-state index in [-0.39, 0.29) is 0 Å². The molecule has 1 aliphatic rings. The Bertz CT molecular complexity index is 367. The molecule has 0 unspecified atom stereocenters. The average molecular weight is 256 g/mol. The third-order valence-electron chi connectivity index (χ3n) is 3.65. The van der Waals surface area contributed by atoms with E-state index in [1.54, 1.807) is 0 Å². The molecule has 0 bridgehead atoms. The third-order valence-corrected chi connectivity index (χ3v) is 4.20. The molecule has 0 aliphatic heterocycles. The topological polar surface area (TPSA) is 29.9 Å². The van der Waals surface area contributed by atoms with E-state index in [4.69, 9.17) is 11.6 Å². The number of halogens is 1. The Balaban J connectivity index is 1.79. The van der Waals surface area contributed by atoms with Gasteiger partial charge in [0.05, 0.1) is 23.0 Å². The lowest BCUT2D eigenvalue weighted by Crippen LogP contribution is -2.33. The van der Waals surface area contributed by atoms with Gasteiger partial charge in [0.25, 0.3) is 0 Å². The van der Waals surface area contributed by atoms with Gasteiger partial charge in [-0.25, -0.2) is 0 Å². The summed E-state index contributed by atoms with van der Waals surface area (Å²) in [6, 6.07) is 0.719. The van der Waals surface area contributed by atoms with Crippen molar-refractivity contribution in [3.05, 3.63) is 16.4 Å². The molecule has 1 fully saturated rings. The number of aromatic nitrogens is 2. The number of hydrogen-bond acceptors (Lipinski definition) is 2. The van der Waals surface area contributed by atoms with Crippen LogP contribution in [0, 0.1) is 13.8 Å². The average Bonchev–Trinajstić information content (AvgIpc) is 2.59. The van der Waals surface area contributed by atoms with Crippen molar-refractivity contribution in [2.45, 2.75) is 58.5 Å². The fraction of sp³-hybridized carbons (Fsp3) is 0.769. The SMILES string of the molecule is Cc1nn(CCNC2CCCCC2)c(C)c1Cl. The van der Waals surface area contributed by atoms with E-state index in [2.05, 4.69) is 10.4 Å². The molecule has 0 radical (unpaired) electrons. The van der Waals surface area contributed by atoms with Crippen molar-refractivity contribution in [1.82, 2.24) is 15.1 Å². The van der Waals surface area contributed by atoms with Crippen molar-refractivity contribution in [1.29, 1.82) is 0 Å². The molecule has 0 amide bonds. The van der Waals surface area contributed by atoms with Crippen LogP contribution in [-0.2, 0) is 6.54 Å². The minimum atomic E-state index is 0.719. The van der Waals surface area contributed by atoms with E-state index in [0.717, 1.165) is 35.5 Å². The van der Waals surface area contributed by atoms with E-state index in [1.165, 1.54) is 32.1 Å². The maximum atomic E-state index is 6.12. The zero-order valence-electron chi connectivity index (χ0n) is 10.8. The molecule has 1 N–H and O–H groups in total. The number of nitrogens with one attached hydrogen (secondary N) is 1. The Labute approximate surface area is 109 Å². The highest BCUT2D eigenvalue weighted by Gasteiger charge is 2.13. The van der Waals surface area contributed by atoms with Crippen LogP contribution in [0.4, 0.5) is 0 Å². The fourth-order valence-corrected chi connectivity index (χ4v) is 2.71. The van der Waals surface area contributed by atoms with Gasteiger partial charge in [0.2, 0.25) is 0 Å². The van der Waals surface area contributed by atoms with Gasteiger partial charge in [0.1, 0.15) is 0 Å². The summed E-state index contributed by atoms with van der Waals surface area (Å²) in [5, 5.41) is 8.87. The number of aryl methyl sites for hydroxylation is 1. The van der Waals surface area contributed by atoms with E-state index >= 15 is 0 Å². The van der Waals surface area contributed by atoms with Crippen LogP contribution in [0.5, 0.6) is 0 Å². The van der Waals surface area contributed by atoms with Crippen LogP contribution in [0.15, 0.2) is 0 Å². The minimum Gasteiger partial charge on any atom is -0.312 e. The Morgan fingerprint density at radius 3 is 2.59 bits per heavy atom. The van der Waals surface area contributed by atoms with Gasteiger partial charge >= 0.3 is 0 Å². The Hall–Kier alpha value is -0.540. The summed E-state index contributed by atoms with van der Waals surface area (Å²) >= 11 is 6.12. The summed E-state index contributed by atoms with van der Waals surface area (Å²) in [6.45, 7) is 5.89. The molecule has 0 saturated heterocycles. The van der Waals surface area contributed by atoms with Gasteiger partial charge < -0.3 is 5.32 Å². The van der Waals surface area contributed by atoms with Crippen LogP contribution >= 0.6 is 11.6 Å². The third kappa shape index (κ3) is 3.23. The molecule has 2 rings (SSSR count). The maximum absolute atomic E-state index is 6.12. The highest BCUT2D eigenvalue weighted by atomic mass is 35.5. The van der Waals surface area contributed by atoms with Crippen LogP contribution in [0.1, 0.15) is 43.5 Å². The molecule has 3 nitrogen and oxygen atoms in total. The zero-order valence-corrected chi connectivity index (χ0v) is 11.6. The molecule has 17 heavy (non-hydrogen) atoms. The lowest BCUT2D eigenvalue weighted by atomic mass is 9.95. The first-order chi connectivity index (χ1) is 8.18. The number of nitrogens with zero attached hydrogens (tertiary/aromatic N) is 2. The molecule has 0 atom stereocenters. The quantitative estimate of drug-likeness (QED) is 0.896. The predicted octanol–water partition coefficient (Wildman–Crippen LogP) is 3.08. The molecule has 1 aliphatic carbocycles. The highest BCUT2D eigenvalue weighted by Crippen LogP contribution is 2.19. The molecular formula is C13H22ClN3. The van der Waals surface area contributed by atoms with Crippen molar-refractivity contribution < 1.29 is 0 Å². The molecular weight excluding hydrogens is 234 g/mol. The van der Waals surface area contributed by atoms with Crippen molar-refractivity contribution >= 4 is 11.6 Å². The van der Waals surface area contributed by atoms with Crippen molar-refractivity contribution in [3.8, 4) is 0 Å². The number of hydrogen-bond donors (Lipinski definition) is 1. The van der Waals surface area contributed by atoms with Gasteiger partial charge in [0.15, 0.2) is 0 Å². The van der Waals surface area contributed by atoms with Crippen LogP contribution in [0.25, 0.3) is 0 Å². The van der Waals surface area contributed by atoms with Gasteiger partial charge in [-0.2, -0.15) is 5.10 Å². The van der Waals surface area contributed by atoms with E-state index < -0.39 is 0 Å². The van der Waals surface area contributed by atoms with Gasteiger partial charge in [0, 0.05) is 12.6 Å². The van der Waals surface area contributed by atoms with Crippen LogP contribution in [-0.4, -0.2) is 22.4 Å². The van der Waals surface area contributed by atoms with Crippen molar-refractivity contribution in [2.24, 2.45) is 0 Å². The normalized spacial score (nSPS) is 17.6. The fourth-order valence-electron chi connectivity index (χ4n) is 2.57. The standard InChI is InChI=1S/C13H22ClN3/c1-10-13(14)11(2)17(16-10)9-8-15-12-6-4-3-5-7-12/h12,15H,3-9H2,1-2H3. The van der Waals surface area contributed by atoms with Gasteiger partial charge in [-0.15, -0.1) is 0 Å². The van der Waals surface area contributed by atoms with Crippen molar-refractivity contribution in [3.63, 3.8) is 0 Å². The maximum Gasteiger partial charge on any atom is 0.0844 e. The predicted molar refractivity (Wildman–Crippen MR) is 71.6 cm³/mol. The van der Waals surface area contributed by atoms with Gasteiger partial charge in [-0.1, -0.05) is 30.9 Å². The molecule has 1 heterocycles. The molecule has 96 valence electrons. The summed E-state index contributed by atoms with van der Waals surface area (Å²) in [4.78, 5) is 0.